The van der Waals surface area contributed by atoms with Gasteiger partial charge in [0.1, 0.15) is 25.2 Å². The summed E-state index contributed by atoms with van der Waals surface area (Å²) in [5.41, 5.74) is 1.32. The first-order chi connectivity index (χ1) is 10.8. The average Bonchev–Trinajstić information content (AvgIpc) is 2.55. The van der Waals surface area contributed by atoms with Crippen LogP contribution in [-0.4, -0.2) is 35.6 Å². The predicted octanol–water partition coefficient (Wildman–Crippen LogP) is 1.36. The summed E-state index contributed by atoms with van der Waals surface area (Å²) >= 11 is 0. The molecule has 2 aliphatic heterocycles. The van der Waals surface area contributed by atoms with Crippen molar-refractivity contribution in [2.24, 2.45) is 0 Å². The molecule has 22 heavy (non-hydrogen) atoms. The second kappa shape index (κ2) is 5.06. The maximum atomic E-state index is 11.5. The molecule has 0 radical (unpaired) electrons. The number of fused-ring (bicyclic) bond motifs is 2. The lowest BCUT2D eigenvalue weighted by atomic mass is 10.2. The molecule has 2 aliphatic rings. The SMILES string of the molecule is O=C1CNc2ncnc(Nc3ccc4c(c3)OCCO4)c2N1. The first kappa shape index (κ1) is 12.7. The summed E-state index contributed by atoms with van der Waals surface area (Å²) < 4.78 is 11.0. The Labute approximate surface area is 125 Å². The van der Waals surface area contributed by atoms with Crippen molar-refractivity contribution in [3.05, 3.63) is 24.5 Å². The van der Waals surface area contributed by atoms with Crippen LogP contribution < -0.4 is 25.4 Å². The van der Waals surface area contributed by atoms with Crippen LogP contribution in [0.15, 0.2) is 24.5 Å². The van der Waals surface area contributed by atoms with Gasteiger partial charge in [0.05, 0.1) is 6.54 Å². The van der Waals surface area contributed by atoms with Gasteiger partial charge in [-0.1, -0.05) is 0 Å². The van der Waals surface area contributed by atoms with Crippen LogP contribution in [0.3, 0.4) is 0 Å². The highest BCUT2D eigenvalue weighted by molar-refractivity contribution is 6.03. The molecule has 0 unspecified atom stereocenters. The standard InChI is InChI=1S/C14H13N5O3/c20-11-6-15-13-12(19-11)14(17-7-16-13)18-8-1-2-9-10(5-8)22-4-3-21-9/h1-2,5,7H,3-4,6H2,(H,19,20)(H2,15,16,17,18). The zero-order valence-corrected chi connectivity index (χ0v) is 11.5. The number of nitrogens with one attached hydrogen (secondary N) is 3. The Bertz CT molecular complexity index is 749. The summed E-state index contributed by atoms with van der Waals surface area (Å²) in [5, 5.41) is 8.87. The van der Waals surface area contributed by atoms with E-state index in [9.17, 15) is 4.79 Å². The zero-order chi connectivity index (χ0) is 14.9. The molecule has 0 saturated carbocycles. The number of nitrogens with zero attached hydrogens (tertiary/aromatic N) is 2. The largest absolute Gasteiger partial charge is 0.486 e. The van der Waals surface area contributed by atoms with Gasteiger partial charge in [0, 0.05) is 11.8 Å². The Morgan fingerprint density at radius 1 is 1.14 bits per heavy atom. The molecule has 0 aliphatic carbocycles. The van der Waals surface area contributed by atoms with Crippen LogP contribution in [0.4, 0.5) is 23.0 Å². The van der Waals surface area contributed by atoms with Crippen molar-refractivity contribution in [1.82, 2.24) is 9.97 Å². The lowest BCUT2D eigenvalue weighted by molar-refractivity contribution is -0.114. The van der Waals surface area contributed by atoms with Crippen molar-refractivity contribution in [3.8, 4) is 11.5 Å². The molecular formula is C14H13N5O3. The third kappa shape index (κ3) is 2.24. The van der Waals surface area contributed by atoms with E-state index >= 15 is 0 Å². The lowest BCUT2D eigenvalue weighted by Gasteiger charge is -2.21. The molecular weight excluding hydrogens is 286 g/mol. The number of carbonyl (C=O) groups excluding carboxylic acids is 1. The van der Waals surface area contributed by atoms with Crippen LogP contribution >= 0.6 is 0 Å². The van der Waals surface area contributed by atoms with Gasteiger partial charge in [-0.15, -0.1) is 0 Å². The van der Waals surface area contributed by atoms with Gasteiger partial charge < -0.3 is 25.4 Å². The minimum atomic E-state index is -0.132. The highest BCUT2D eigenvalue weighted by Crippen LogP contribution is 2.35. The summed E-state index contributed by atoms with van der Waals surface area (Å²) in [6.07, 6.45) is 1.43. The second-order valence-corrected chi connectivity index (χ2v) is 4.83. The molecule has 3 N–H and O–H groups in total. The Kier molecular flexibility index (Phi) is 2.92. The van der Waals surface area contributed by atoms with Crippen molar-refractivity contribution in [2.45, 2.75) is 0 Å². The van der Waals surface area contributed by atoms with Crippen LogP contribution in [0.25, 0.3) is 0 Å². The van der Waals surface area contributed by atoms with E-state index in [1.165, 1.54) is 6.33 Å². The molecule has 0 atom stereocenters. The number of benzene rings is 1. The molecule has 0 saturated heterocycles. The maximum absolute atomic E-state index is 11.5. The average molecular weight is 299 g/mol. The van der Waals surface area contributed by atoms with Crippen LogP contribution in [0.2, 0.25) is 0 Å². The van der Waals surface area contributed by atoms with Crippen molar-refractivity contribution in [1.29, 1.82) is 0 Å². The Hall–Kier alpha value is -3.03. The molecule has 0 fully saturated rings. The van der Waals surface area contributed by atoms with E-state index in [-0.39, 0.29) is 12.5 Å². The Balaban J connectivity index is 1.65. The smallest absolute Gasteiger partial charge is 0.243 e. The molecule has 4 rings (SSSR count). The van der Waals surface area contributed by atoms with Gasteiger partial charge in [-0.05, 0) is 12.1 Å². The van der Waals surface area contributed by atoms with E-state index in [2.05, 4.69) is 25.9 Å². The van der Waals surface area contributed by atoms with E-state index in [0.717, 1.165) is 11.4 Å². The molecule has 1 amide bonds. The Morgan fingerprint density at radius 3 is 2.91 bits per heavy atom. The van der Waals surface area contributed by atoms with E-state index in [1.807, 2.05) is 18.2 Å². The zero-order valence-electron chi connectivity index (χ0n) is 11.5. The lowest BCUT2D eigenvalue weighted by Crippen LogP contribution is -2.28. The van der Waals surface area contributed by atoms with Gasteiger partial charge >= 0.3 is 0 Å². The predicted molar refractivity (Wildman–Crippen MR) is 79.9 cm³/mol. The maximum Gasteiger partial charge on any atom is 0.243 e. The van der Waals surface area contributed by atoms with Gasteiger partial charge in [0.25, 0.3) is 0 Å². The molecule has 8 heteroatoms. The third-order valence-electron chi connectivity index (χ3n) is 3.33. The quantitative estimate of drug-likeness (QED) is 0.770. The minimum absolute atomic E-state index is 0.132. The number of hydrogen-bond donors (Lipinski definition) is 3. The minimum Gasteiger partial charge on any atom is -0.486 e. The van der Waals surface area contributed by atoms with E-state index in [0.29, 0.717) is 36.3 Å². The number of amides is 1. The van der Waals surface area contributed by atoms with Gasteiger partial charge in [0.2, 0.25) is 5.91 Å². The van der Waals surface area contributed by atoms with Crippen LogP contribution in [0, 0.1) is 0 Å². The van der Waals surface area contributed by atoms with E-state index in [1.54, 1.807) is 0 Å². The molecule has 0 spiro atoms. The summed E-state index contributed by atoms with van der Waals surface area (Å²) in [5.74, 6) is 2.38. The number of anilines is 4. The second-order valence-electron chi connectivity index (χ2n) is 4.83. The first-order valence-corrected chi connectivity index (χ1v) is 6.85. The monoisotopic (exact) mass is 299 g/mol. The summed E-state index contributed by atoms with van der Waals surface area (Å²) in [6.45, 7) is 1.28. The van der Waals surface area contributed by atoms with Crippen LogP contribution in [0.5, 0.6) is 11.5 Å². The number of rotatable bonds is 2. The van der Waals surface area contributed by atoms with E-state index in [4.69, 9.17) is 9.47 Å². The molecule has 1 aromatic carbocycles. The fraction of sp³-hybridized carbons (Fsp3) is 0.214. The van der Waals surface area contributed by atoms with Gasteiger partial charge in [-0.2, -0.15) is 0 Å². The molecule has 3 heterocycles. The highest BCUT2D eigenvalue weighted by atomic mass is 16.6. The highest BCUT2D eigenvalue weighted by Gasteiger charge is 2.20. The topological polar surface area (TPSA) is 97.4 Å². The van der Waals surface area contributed by atoms with Crippen LogP contribution in [0.1, 0.15) is 0 Å². The Morgan fingerprint density at radius 2 is 2.00 bits per heavy atom. The fourth-order valence-electron chi connectivity index (χ4n) is 2.34. The van der Waals surface area contributed by atoms with Gasteiger partial charge in [-0.25, -0.2) is 9.97 Å². The van der Waals surface area contributed by atoms with E-state index < -0.39 is 0 Å². The van der Waals surface area contributed by atoms with Crippen molar-refractivity contribution < 1.29 is 14.3 Å². The molecule has 112 valence electrons. The third-order valence-corrected chi connectivity index (χ3v) is 3.33. The molecule has 1 aromatic heterocycles. The summed E-state index contributed by atoms with van der Waals surface area (Å²) in [7, 11) is 0. The van der Waals surface area contributed by atoms with Gasteiger partial charge in [0.15, 0.2) is 23.1 Å². The summed E-state index contributed by atoms with van der Waals surface area (Å²) in [6, 6.07) is 5.53. The van der Waals surface area contributed by atoms with Gasteiger partial charge in [-0.3, -0.25) is 4.79 Å². The number of ether oxygens (including phenoxy) is 2. The molecule has 8 nitrogen and oxygen atoms in total. The van der Waals surface area contributed by atoms with Crippen LogP contribution in [-0.2, 0) is 4.79 Å². The molecule has 2 aromatic rings. The fourth-order valence-corrected chi connectivity index (χ4v) is 2.34. The number of carbonyl (C=O) groups is 1. The van der Waals surface area contributed by atoms with Crippen molar-refractivity contribution >= 4 is 28.9 Å². The van der Waals surface area contributed by atoms with Crippen molar-refractivity contribution in [3.63, 3.8) is 0 Å². The summed E-state index contributed by atoms with van der Waals surface area (Å²) in [4.78, 5) is 19.8. The van der Waals surface area contributed by atoms with Crippen molar-refractivity contribution in [2.75, 3.05) is 35.7 Å². The number of aromatic nitrogens is 2. The number of hydrogen-bond acceptors (Lipinski definition) is 7. The normalized spacial score (nSPS) is 15.4. The first-order valence-electron chi connectivity index (χ1n) is 6.85. The molecule has 0 bridgehead atoms.